The second-order valence-corrected chi connectivity index (χ2v) is 10.4. The van der Waals surface area contributed by atoms with E-state index in [0.29, 0.717) is 12.1 Å². The normalized spacial score (nSPS) is 15.5. The van der Waals surface area contributed by atoms with Crippen LogP contribution in [0.4, 0.5) is 0 Å². The Labute approximate surface area is 141 Å². The number of nitrogens with zero attached hydrogens (tertiary/aromatic N) is 2. The van der Waals surface area contributed by atoms with E-state index < -0.39 is 0 Å². The molecule has 2 nitrogen and oxygen atoms in total. The van der Waals surface area contributed by atoms with Gasteiger partial charge in [-0.15, -0.1) is 0 Å². The molecular weight excluding hydrogens is 268 g/mol. The number of hydrogen-bond donors (Lipinski definition) is 0. The largest absolute Gasteiger partial charge is 0.289 e. The summed E-state index contributed by atoms with van der Waals surface area (Å²) in [5, 5.41) is 0. The molecule has 0 fully saturated rings. The Bertz CT molecular complexity index is 315. The number of hydrogen-bond acceptors (Lipinski definition) is 2. The van der Waals surface area contributed by atoms with Gasteiger partial charge in [0.2, 0.25) is 0 Å². The SMILES string of the molecule is CC(C)N(C(C)(C)C)C(C)(C)C(C)(C)N(C(C)C)C(C)(C)C. The molecular formula is C20H44N2. The molecule has 22 heavy (non-hydrogen) atoms. The lowest BCUT2D eigenvalue weighted by Gasteiger charge is -2.63. The van der Waals surface area contributed by atoms with Crippen molar-refractivity contribution in [3.8, 4) is 0 Å². The van der Waals surface area contributed by atoms with Crippen molar-refractivity contribution in [3.05, 3.63) is 0 Å². The van der Waals surface area contributed by atoms with Gasteiger partial charge in [-0.2, -0.15) is 0 Å². The fourth-order valence-electron chi connectivity index (χ4n) is 5.11. The lowest BCUT2D eigenvalue weighted by molar-refractivity contribution is -0.127. The molecule has 0 N–H and O–H groups in total. The molecule has 0 amide bonds. The van der Waals surface area contributed by atoms with Crippen LogP contribution in [0.5, 0.6) is 0 Å². The summed E-state index contributed by atoms with van der Waals surface area (Å²) in [4.78, 5) is 5.36. The maximum atomic E-state index is 2.68. The molecule has 0 aromatic heterocycles. The standard InChI is InChI=1S/C20H44N2/c1-15(2)21(17(5,6)7)19(11,12)20(13,14)22(16(3)4)18(8,9)10/h15-16H,1-14H3. The van der Waals surface area contributed by atoms with Crippen LogP contribution in [0.3, 0.4) is 0 Å². The van der Waals surface area contributed by atoms with Crippen molar-refractivity contribution in [2.24, 2.45) is 0 Å². The molecule has 0 aliphatic heterocycles. The smallest absolute Gasteiger partial charge is 0.0339 e. The third-order valence-electron chi connectivity index (χ3n) is 5.18. The average molecular weight is 313 g/mol. The molecule has 2 heteroatoms. The van der Waals surface area contributed by atoms with E-state index in [1.165, 1.54) is 0 Å². The molecule has 0 bridgehead atoms. The maximum absolute atomic E-state index is 2.68. The van der Waals surface area contributed by atoms with E-state index in [0.717, 1.165) is 0 Å². The first kappa shape index (κ1) is 21.9. The van der Waals surface area contributed by atoms with Gasteiger partial charge in [0.25, 0.3) is 0 Å². The first-order chi connectivity index (χ1) is 9.38. The topological polar surface area (TPSA) is 6.48 Å². The van der Waals surface area contributed by atoms with Crippen LogP contribution < -0.4 is 0 Å². The summed E-state index contributed by atoms with van der Waals surface area (Å²) < 4.78 is 0. The fraction of sp³-hybridized carbons (Fsp3) is 1.00. The third kappa shape index (κ3) is 4.26. The lowest BCUT2D eigenvalue weighted by atomic mass is 9.74. The summed E-state index contributed by atoms with van der Waals surface area (Å²) in [7, 11) is 0. The van der Waals surface area contributed by atoms with E-state index in [9.17, 15) is 0 Å². The highest BCUT2D eigenvalue weighted by Gasteiger charge is 2.52. The monoisotopic (exact) mass is 312 g/mol. The van der Waals surface area contributed by atoms with Crippen LogP contribution in [0.15, 0.2) is 0 Å². The van der Waals surface area contributed by atoms with Crippen LogP contribution in [0.1, 0.15) is 96.9 Å². The molecule has 0 aromatic rings. The summed E-state index contributed by atoms with van der Waals surface area (Å²) in [5.74, 6) is 0. The summed E-state index contributed by atoms with van der Waals surface area (Å²) in [6, 6.07) is 1.01. The van der Waals surface area contributed by atoms with Crippen molar-refractivity contribution >= 4 is 0 Å². The van der Waals surface area contributed by atoms with Gasteiger partial charge in [0.15, 0.2) is 0 Å². The Morgan fingerprint density at radius 3 is 0.727 bits per heavy atom. The van der Waals surface area contributed by atoms with E-state index in [2.05, 4.69) is 107 Å². The number of rotatable bonds is 5. The molecule has 0 rings (SSSR count). The predicted molar refractivity (Wildman–Crippen MR) is 102 cm³/mol. The Morgan fingerprint density at radius 2 is 0.636 bits per heavy atom. The molecule has 134 valence electrons. The molecule has 0 aromatic carbocycles. The molecule has 0 radical (unpaired) electrons. The van der Waals surface area contributed by atoms with Crippen molar-refractivity contribution in [2.45, 2.75) is 131 Å². The van der Waals surface area contributed by atoms with Crippen LogP contribution in [-0.4, -0.2) is 44.0 Å². The van der Waals surface area contributed by atoms with Gasteiger partial charge in [-0.3, -0.25) is 9.80 Å². The van der Waals surface area contributed by atoms with Crippen molar-refractivity contribution in [1.82, 2.24) is 9.80 Å². The molecule has 0 saturated carbocycles. The summed E-state index contributed by atoms with van der Waals surface area (Å²) in [6.45, 7) is 33.0. The van der Waals surface area contributed by atoms with Gasteiger partial charge >= 0.3 is 0 Å². The Hall–Kier alpha value is -0.0800. The van der Waals surface area contributed by atoms with Gasteiger partial charge < -0.3 is 0 Å². The third-order valence-corrected chi connectivity index (χ3v) is 5.18. The zero-order chi connectivity index (χ0) is 18.3. The first-order valence-electron chi connectivity index (χ1n) is 8.97. The molecule has 0 heterocycles. The minimum Gasteiger partial charge on any atom is -0.289 e. The van der Waals surface area contributed by atoms with Gasteiger partial charge in [0.05, 0.1) is 0 Å². The fourth-order valence-corrected chi connectivity index (χ4v) is 5.11. The van der Waals surface area contributed by atoms with Gasteiger partial charge in [0.1, 0.15) is 0 Å². The summed E-state index contributed by atoms with van der Waals surface area (Å²) in [6.07, 6.45) is 0. The van der Waals surface area contributed by atoms with E-state index in [-0.39, 0.29) is 22.2 Å². The van der Waals surface area contributed by atoms with Crippen LogP contribution >= 0.6 is 0 Å². The molecule has 0 unspecified atom stereocenters. The Kier molecular flexibility index (Phi) is 6.41. The van der Waals surface area contributed by atoms with Crippen LogP contribution in [0.2, 0.25) is 0 Å². The zero-order valence-corrected chi connectivity index (χ0v) is 18.0. The summed E-state index contributed by atoms with van der Waals surface area (Å²) in [5.41, 5.74) is 0.346. The van der Waals surface area contributed by atoms with Crippen LogP contribution in [-0.2, 0) is 0 Å². The predicted octanol–water partition coefficient (Wildman–Crippen LogP) is 5.56. The van der Waals surface area contributed by atoms with E-state index in [4.69, 9.17) is 0 Å². The Balaban J connectivity index is 6.11. The highest BCUT2D eigenvalue weighted by atomic mass is 15.4. The van der Waals surface area contributed by atoms with Gasteiger partial charge in [0, 0.05) is 34.2 Å². The molecule has 0 aliphatic rings. The van der Waals surface area contributed by atoms with E-state index in [1.54, 1.807) is 0 Å². The Morgan fingerprint density at radius 1 is 0.455 bits per heavy atom. The van der Waals surface area contributed by atoms with Crippen molar-refractivity contribution < 1.29 is 0 Å². The van der Waals surface area contributed by atoms with Crippen LogP contribution in [0.25, 0.3) is 0 Å². The first-order valence-corrected chi connectivity index (χ1v) is 8.97. The molecule has 0 spiro atoms. The molecule has 0 atom stereocenters. The average Bonchev–Trinajstić information content (AvgIpc) is 2.07. The zero-order valence-electron chi connectivity index (χ0n) is 18.0. The highest BCUT2D eigenvalue weighted by molar-refractivity contribution is 5.09. The second kappa shape index (κ2) is 6.43. The van der Waals surface area contributed by atoms with Gasteiger partial charge in [-0.1, -0.05) is 0 Å². The van der Waals surface area contributed by atoms with Crippen molar-refractivity contribution in [3.63, 3.8) is 0 Å². The van der Waals surface area contributed by atoms with Crippen molar-refractivity contribution in [2.75, 3.05) is 0 Å². The minimum absolute atomic E-state index is 0.0387. The van der Waals surface area contributed by atoms with Crippen LogP contribution in [0, 0.1) is 0 Å². The summed E-state index contributed by atoms with van der Waals surface area (Å²) >= 11 is 0. The van der Waals surface area contributed by atoms with Gasteiger partial charge in [-0.05, 0) is 96.9 Å². The van der Waals surface area contributed by atoms with Crippen molar-refractivity contribution in [1.29, 1.82) is 0 Å². The maximum Gasteiger partial charge on any atom is 0.0339 e. The van der Waals surface area contributed by atoms with Gasteiger partial charge in [-0.25, -0.2) is 0 Å². The van der Waals surface area contributed by atoms with E-state index in [1.807, 2.05) is 0 Å². The second-order valence-electron chi connectivity index (χ2n) is 10.4. The quantitative estimate of drug-likeness (QED) is 0.655. The highest BCUT2D eigenvalue weighted by Crippen LogP contribution is 2.42. The minimum atomic E-state index is 0.0387. The van der Waals surface area contributed by atoms with E-state index >= 15 is 0 Å². The molecule has 0 saturated heterocycles. The lowest BCUT2D eigenvalue weighted by Crippen LogP contribution is -2.73. The molecule has 0 aliphatic carbocycles.